The number of rotatable bonds is 3. The summed E-state index contributed by atoms with van der Waals surface area (Å²) in [6, 6.07) is 14.8. The quantitative estimate of drug-likeness (QED) is 0.779. The van der Waals surface area contributed by atoms with Crippen molar-refractivity contribution >= 4 is 11.3 Å². The molecule has 0 unspecified atom stereocenters. The van der Waals surface area contributed by atoms with Crippen molar-refractivity contribution in [3.8, 4) is 21.7 Å². The first-order valence-electron chi connectivity index (χ1n) is 6.70. The number of hydrogen-bond donors (Lipinski definition) is 1. The van der Waals surface area contributed by atoms with E-state index in [0.29, 0.717) is 12.1 Å². The summed E-state index contributed by atoms with van der Waals surface area (Å²) in [7, 11) is 0. The maximum atomic E-state index is 14.1. The van der Waals surface area contributed by atoms with Crippen LogP contribution in [0.4, 0.5) is 4.39 Å². The lowest BCUT2D eigenvalue weighted by Crippen LogP contribution is -1.94. The topological polar surface area (TPSA) is 38.9 Å². The van der Waals surface area contributed by atoms with Crippen molar-refractivity contribution in [1.29, 1.82) is 0 Å². The summed E-state index contributed by atoms with van der Waals surface area (Å²) in [6.07, 6.45) is 0. The molecular formula is C17H15FN2S. The Morgan fingerprint density at radius 2 is 1.81 bits per heavy atom. The Hall–Kier alpha value is -2.04. The van der Waals surface area contributed by atoms with Gasteiger partial charge in [0.15, 0.2) is 0 Å². The van der Waals surface area contributed by atoms with Crippen molar-refractivity contribution in [3.63, 3.8) is 0 Å². The number of aromatic nitrogens is 1. The first-order valence-corrected chi connectivity index (χ1v) is 7.52. The number of nitrogens with two attached hydrogens (primary N) is 1. The van der Waals surface area contributed by atoms with Crippen LogP contribution < -0.4 is 5.73 Å². The van der Waals surface area contributed by atoms with Crippen molar-refractivity contribution < 1.29 is 4.39 Å². The summed E-state index contributed by atoms with van der Waals surface area (Å²) in [5.74, 6) is -0.238. The van der Waals surface area contributed by atoms with Gasteiger partial charge in [-0.25, -0.2) is 9.37 Å². The van der Waals surface area contributed by atoms with E-state index in [2.05, 4.69) is 4.98 Å². The van der Waals surface area contributed by atoms with Gasteiger partial charge in [0, 0.05) is 17.7 Å². The van der Waals surface area contributed by atoms with Crippen LogP contribution in [-0.4, -0.2) is 4.98 Å². The lowest BCUT2D eigenvalue weighted by Gasteiger charge is -2.04. The molecule has 2 aromatic carbocycles. The zero-order valence-electron chi connectivity index (χ0n) is 11.6. The van der Waals surface area contributed by atoms with E-state index >= 15 is 0 Å². The highest BCUT2D eigenvalue weighted by atomic mass is 32.1. The second kappa shape index (κ2) is 5.76. The van der Waals surface area contributed by atoms with Gasteiger partial charge >= 0.3 is 0 Å². The number of aryl methyl sites for hydroxylation is 1. The normalized spacial score (nSPS) is 10.8. The molecule has 1 heterocycles. The van der Waals surface area contributed by atoms with Crippen LogP contribution in [0, 0.1) is 12.7 Å². The summed E-state index contributed by atoms with van der Waals surface area (Å²) in [6.45, 7) is 2.39. The van der Waals surface area contributed by atoms with Crippen LogP contribution in [0.5, 0.6) is 0 Å². The van der Waals surface area contributed by atoms with Gasteiger partial charge in [0.25, 0.3) is 0 Å². The molecule has 2 N–H and O–H groups in total. The van der Waals surface area contributed by atoms with E-state index in [1.165, 1.54) is 23.0 Å². The van der Waals surface area contributed by atoms with Gasteiger partial charge in [0.1, 0.15) is 10.8 Å². The average molecular weight is 298 g/mol. The van der Waals surface area contributed by atoms with E-state index in [-0.39, 0.29) is 5.82 Å². The van der Waals surface area contributed by atoms with E-state index in [4.69, 9.17) is 5.73 Å². The van der Waals surface area contributed by atoms with Crippen LogP contribution in [0.2, 0.25) is 0 Å². The predicted octanol–water partition coefficient (Wildman–Crippen LogP) is 4.38. The van der Waals surface area contributed by atoms with E-state index < -0.39 is 0 Å². The van der Waals surface area contributed by atoms with Crippen molar-refractivity contribution in [2.45, 2.75) is 13.5 Å². The average Bonchev–Trinajstić information content (AvgIpc) is 2.92. The highest BCUT2D eigenvalue weighted by Crippen LogP contribution is 2.37. The first-order chi connectivity index (χ1) is 10.2. The van der Waals surface area contributed by atoms with E-state index in [1.54, 1.807) is 12.1 Å². The third-order valence-corrected chi connectivity index (χ3v) is 4.40. The lowest BCUT2D eigenvalue weighted by molar-refractivity contribution is 0.631. The van der Waals surface area contributed by atoms with Gasteiger partial charge < -0.3 is 5.73 Å². The van der Waals surface area contributed by atoms with Crippen molar-refractivity contribution in [3.05, 3.63) is 64.9 Å². The molecule has 0 radical (unpaired) electrons. The summed E-state index contributed by atoms with van der Waals surface area (Å²) in [5.41, 5.74) is 9.24. The summed E-state index contributed by atoms with van der Waals surface area (Å²) in [5, 5.41) is 0.809. The second-order valence-electron chi connectivity index (χ2n) is 4.84. The lowest BCUT2D eigenvalue weighted by atomic mass is 10.1. The SMILES string of the molecule is Cc1ccc(-c2nc(CN)sc2-c2ccccc2F)cc1. The van der Waals surface area contributed by atoms with Gasteiger partial charge in [0.2, 0.25) is 0 Å². The number of benzene rings is 2. The number of thiazole rings is 1. The van der Waals surface area contributed by atoms with Crippen LogP contribution in [0.3, 0.4) is 0 Å². The standard InChI is InChI=1S/C17H15FN2S/c1-11-6-8-12(9-7-11)16-17(21-15(10-19)20-16)13-4-2-3-5-14(13)18/h2-9H,10,19H2,1H3. The van der Waals surface area contributed by atoms with Crippen molar-refractivity contribution in [2.24, 2.45) is 5.73 Å². The van der Waals surface area contributed by atoms with Crippen LogP contribution in [-0.2, 0) is 6.54 Å². The Kier molecular flexibility index (Phi) is 3.82. The number of nitrogens with zero attached hydrogens (tertiary/aromatic N) is 1. The minimum absolute atomic E-state index is 0.238. The van der Waals surface area contributed by atoms with Crippen LogP contribution in [0.25, 0.3) is 21.7 Å². The molecule has 0 spiro atoms. The Morgan fingerprint density at radius 1 is 1.10 bits per heavy atom. The monoisotopic (exact) mass is 298 g/mol. The molecule has 0 saturated heterocycles. The minimum Gasteiger partial charge on any atom is -0.325 e. The molecule has 1 aromatic heterocycles. The number of hydrogen-bond acceptors (Lipinski definition) is 3. The van der Waals surface area contributed by atoms with Crippen LogP contribution in [0.15, 0.2) is 48.5 Å². The number of halogens is 1. The highest BCUT2D eigenvalue weighted by molar-refractivity contribution is 7.15. The van der Waals surface area contributed by atoms with Gasteiger partial charge in [-0.3, -0.25) is 0 Å². The molecule has 0 aliphatic carbocycles. The molecule has 4 heteroatoms. The second-order valence-corrected chi connectivity index (χ2v) is 5.92. The molecule has 2 nitrogen and oxygen atoms in total. The van der Waals surface area contributed by atoms with Gasteiger partial charge in [-0.1, -0.05) is 48.0 Å². The molecule has 0 saturated carbocycles. The van der Waals surface area contributed by atoms with Gasteiger partial charge in [-0.15, -0.1) is 11.3 Å². The summed E-state index contributed by atoms with van der Waals surface area (Å²) >= 11 is 1.45. The summed E-state index contributed by atoms with van der Waals surface area (Å²) in [4.78, 5) is 5.40. The molecule has 0 fully saturated rings. The molecule has 106 valence electrons. The van der Waals surface area contributed by atoms with E-state index in [9.17, 15) is 4.39 Å². The molecule has 0 aliphatic rings. The third kappa shape index (κ3) is 2.73. The molecule has 3 aromatic rings. The van der Waals surface area contributed by atoms with E-state index in [1.807, 2.05) is 37.3 Å². The Balaban J connectivity index is 2.19. The fourth-order valence-corrected chi connectivity index (χ4v) is 3.18. The molecule has 21 heavy (non-hydrogen) atoms. The summed E-state index contributed by atoms with van der Waals surface area (Å²) < 4.78 is 14.1. The van der Waals surface area contributed by atoms with Gasteiger partial charge in [0.05, 0.1) is 10.6 Å². The van der Waals surface area contributed by atoms with Crippen LogP contribution in [0.1, 0.15) is 10.6 Å². The molecular weight excluding hydrogens is 283 g/mol. The van der Waals surface area contributed by atoms with Crippen molar-refractivity contribution in [2.75, 3.05) is 0 Å². The molecule has 0 amide bonds. The maximum Gasteiger partial charge on any atom is 0.131 e. The fraction of sp³-hybridized carbons (Fsp3) is 0.118. The van der Waals surface area contributed by atoms with Gasteiger partial charge in [-0.05, 0) is 13.0 Å². The highest BCUT2D eigenvalue weighted by Gasteiger charge is 2.16. The van der Waals surface area contributed by atoms with Crippen molar-refractivity contribution in [1.82, 2.24) is 4.98 Å². The molecule has 0 aliphatic heterocycles. The Labute approximate surface area is 127 Å². The zero-order valence-corrected chi connectivity index (χ0v) is 12.5. The smallest absolute Gasteiger partial charge is 0.131 e. The molecule has 0 atom stereocenters. The predicted molar refractivity (Wildman–Crippen MR) is 85.6 cm³/mol. The molecule has 0 bridgehead atoms. The zero-order chi connectivity index (χ0) is 14.8. The largest absolute Gasteiger partial charge is 0.325 e. The first kappa shape index (κ1) is 13.9. The Morgan fingerprint density at radius 3 is 2.48 bits per heavy atom. The third-order valence-electron chi connectivity index (χ3n) is 3.29. The maximum absolute atomic E-state index is 14.1. The van der Waals surface area contributed by atoms with Gasteiger partial charge in [-0.2, -0.15) is 0 Å². The fourth-order valence-electron chi connectivity index (χ4n) is 2.19. The molecule has 3 rings (SSSR count). The van der Waals surface area contributed by atoms with E-state index in [0.717, 1.165) is 21.1 Å². The van der Waals surface area contributed by atoms with Crippen LogP contribution >= 0.6 is 11.3 Å². The Bertz CT molecular complexity index is 763. The minimum atomic E-state index is -0.238.